The van der Waals surface area contributed by atoms with Gasteiger partial charge in [0, 0.05) is 5.56 Å². The van der Waals surface area contributed by atoms with Gasteiger partial charge >= 0.3 is 0 Å². The maximum Gasteiger partial charge on any atom is 0.268 e. The molecule has 35 heavy (non-hydrogen) atoms. The largest absolute Gasteiger partial charge is 0.323 e. The number of nitrogens with one attached hydrogen (secondary N) is 1. The van der Waals surface area contributed by atoms with E-state index in [1.54, 1.807) is 18.2 Å². The number of nitrogens with zero attached hydrogens (tertiary/aromatic N) is 3. The maximum atomic E-state index is 13.8. The second kappa shape index (κ2) is 9.47. The Balaban J connectivity index is 1.42. The van der Waals surface area contributed by atoms with E-state index in [9.17, 15) is 17.6 Å². The Morgan fingerprint density at radius 2 is 1.69 bits per heavy atom. The van der Waals surface area contributed by atoms with Crippen molar-refractivity contribution < 1.29 is 17.6 Å². The summed E-state index contributed by atoms with van der Waals surface area (Å²) in [5.41, 5.74) is 2.41. The molecule has 5 rings (SSSR count). The number of carbonyl (C=O) groups is 1. The van der Waals surface area contributed by atoms with Gasteiger partial charge in [-0.25, -0.2) is 22.8 Å². The fourth-order valence-corrected chi connectivity index (χ4v) is 5.92. The van der Waals surface area contributed by atoms with Crippen molar-refractivity contribution in [1.82, 2.24) is 9.97 Å². The minimum Gasteiger partial charge on any atom is -0.323 e. The maximum absolute atomic E-state index is 13.8. The minimum absolute atomic E-state index is 0.00675. The van der Waals surface area contributed by atoms with Crippen LogP contribution in [0.15, 0.2) is 95.1 Å². The highest BCUT2D eigenvalue weighted by Crippen LogP contribution is 2.42. The van der Waals surface area contributed by atoms with Crippen molar-refractivity contribution in [3.05, 3.63) is 96.4 Å². The van der Waals surface area contributed by atoms with Gasteiger partial charge < -0.3 is 5.32 Å². The summed E-state index contributed by atoms with van der Waals surface area (Å²) in [4.78, 5) is 21.0. The van der Waals surface area contributed by atoms with Crippen molar-refractivity contribution in [3.63, 3.8) is 0 Å². The third-order valence-electron chi connectivity index (χ3n) is 5.38. The molecule has 0 unspecified atom stereocenters. The van der Waals surface area contributed by atoms with E-state index in [0.29, 0.717) is 11.3 Å². The van der Waals surface area contributed by atoms with Gasteiger partial charge in [-0.05, 0) is 23.8 Å². The summed E-state index contributed by atoms with van der Waals surface area (Å²) in [7, 11) is -3.91. The number of hydrogen-bond acceptors (Lipinski definition) is 6. The molecule has 0 atom stereocenters. The Labute approximate surface area is 206 Å². The lowest BCUT2D eigenvalue weighted by Crippen LogP contribution is -2.34. The second-order valence-corrected chi connectivity index (χ2v) is 10.5. The molecular weight excluding hydrogens is 487 g/mol. The smallest absolute Gasteiger partial charge is 0.268 e. The predicted octanol–water partition coefficient (Wildman–Crippen LogP) is 4.72. The monoisotopic (exact) mass is 506 g/mol. The van der Waals surface area contributed by atoms with Crippen LogP contribution in [-0.4, -0.2) is 30.0 Å². The van der Waals surface area contributed by atoms with Crippen molar-refractivity contribution in [1.29, 1.82) is 0 Å². The average molecular weight is 507 g/mol. The lowest BCUT2D eigenvalue weighted by atomic mass is 10.1. The summed E-state index contributed by atoms with van der Waals surface area (Å²) in [6.07, 6.45) is 1.28. The first-order valence-electron chi connectivity index (χ1n) is 10.6. The molecule has 3 aromatic carbocycles. The molecule has 0 bridgehead atoms. The SMILES string of the molecule is O=C(CSc1ncc2c(n1)-c1ccccc1N(Cc1ccccc1)S2(=O)=O)Nc1ccccc1F. The van der Waals surface area contributed by atoms with Gasteiger partial charge in [-0.3, -0.25) is 9.10 Å². The number of fused-ring (bicyclic) bond motifs is 3. The van der Waals surface area contributed by atoms with E-state index >= 15 is 0 Å². The first-order chi connectivity index (χ1) is 16.9. The van der Waals surface area contributed by atoms with E-state index in [-0.39, 0.29) is 33.7 Å². The van der Waals surface area contributed by atoms with Gasteiger partial charge in [-0.1, -0.05) is 72.4 Å². The fraction of sp³-hybridized carbons (Fsp3) is 0.0800. The van der Waals surface area contributed by atoms with E-state index in [1.807, 2.05) is 42.5 Å². The molecule has 10 heteroatoms. The number of sulfonamides is 1. The van der Waals surface area contributed by atoms with Crippen LogP contribution in [0.1, 0.15) is 5.56 Å². The van der Waals surface area contributed by atoms with Crippen molar-refractivity contribution in [2.75, 3.05) is 15.4 Å². The Kier molecular flexibility index (Phi) is 6.23. The molecule has 1 aliphatic rings. The summed E-state index contributed by atoms with van der Waals surface area (Å²) in [6, 6.07) is 22.4. The van der Waals surface area contributed by atoms with Gasteiger partial charge in [-0.15, -0.1) is 0 Å². The van der Waals surface area contributed by atoms with Crippen molar-refractivity contribution in [3.8, 4) is 11.3 Å². The zero-order valence-corrected chi connectivity index (χ0v) is 19.9. The van der Waals surface area contributed by atoms with Crippen LogP contribution in [-0.2, 0) is 21.4 Å². The Hall–Kier alpha value is -3.76. The van der Waals surface area contributed by atoms with E-state index < -0.39 is 21.7 Å². The zero-order chi connectivity index (χ0) is 24.4. The third kappa shape index (κ3) is 4.62. The van der Waals surface area contributed by atoms with E-state index in [4.69, 9.17) is 0 Å². The van der Waals surface area contributed by atoms with Crippen LogP contribution >= 0.6 is 11.8 Å². The van der Waals surface area contributed by atoms with Crippen LogP contribution < -0.4 is 9.62 Å². The number of anilines is 2. The standard InChI is InChI=1S/C25H19FN4O3S2/c26-19-11-5-6-12-20(19)28-23(31)16-34-25-27-14-22-24(29-25)18-10-4-7-13-21(18)30(35(22,32)33)15-17-8-2-1-3-9-17/h1-14H,15-16H2,(H,28,31). The molecular formula is C25H19FN4O3S2. The zero-order valence-electron chi connectivity index (χ0n) is 18.3. The molecule has 7 nitrogen and oxygen atoms in total. The van der Waals surface area contributed by atoms with Crippen molar-refractivity contribution in [2.24, 2.45) is 0 Å². The van der Waals surface area contributed by atoms with Crippen LogP contribution in [0.3, 0.4) is 0 Å². The van der Waals surface area contributed by atoms with E-state index in [1.165, 1.54) is 28.7 Å². The number of hydrogen-bond donors (Lipinski definition) is 1. The molecule has 0 radical (unpaired) electrons. The lowest BCUT2D eigenvalue weighted by Gasteiger charge is -2.31. The van der Waals surface area contributed by atoms with Crippen molar-refractivity contribution >= 4 is 39.1 Å². The van der Waals surface area contributed by atoms with Gasteiger partial charge in [0.05, 0.1) is 35.6 Å². The number of rotatable bonds is 6. The molecule has 0 saturated heterocycles. The average Bonchev–Trinajstić information content (AvgIpc) is 2.87. The first kappa shape index (κ1) is 23.0. The molecule has 176 valence electrons. The van der Waals surface area contributed by atoms with Gasteiger partial charge in [0.2, 0.25) is 5.91 Å². The number of halogens is 1. The molecule has 1 aromatic heterocycles. The number of thioether (sulfide) groups is 1. The summed E-state index contributed by atoms with van der Waals surface area (Å²) in [6.45, 7) is 0.173. The van der Waals surface area contributed by atoms with Crippen LogP contribution in [0.4, 0.5) is 15.8 Å². The molecule has 0 aliphatic carbocycles. The van der Waals surface area contributed by atoms with Crippen LogP contribution in [0.25, 0.3) is 11.3 Å². The molecule has 0 spiro atoms. The molecule has 0 saturated carbocycles. The van der Waals surface area contributed by atoms with Gasteiger partial charge in [0.15, 0.2) is 5.16 Å². The van der Waals surface area contributed by atoms with Crippen LogP contribution in [0.5, 0.6) is 0 Å². The van der Waals surface area contributed by atoms with E-state index in [2.05, 4.69) is 15.3 Å². The third-order valence-corrected chi connectivity index (χ3v) is 8.00. The number of benzene rings is 3. The molecule has 4 aromatic rings. The fourth-order valence-electron chi connectivity index (χ4n) is 3.74. The summed E-state index contributed by atoms with van der Waals surface area (Å²) < 4.78 is 42.2. The Morgan fingerprint density at radius 1 is 0.971 bits per heavy atom. The van der Waals surface area contributed by atoms with Gasteiger partial charge in [0.25, 0.3) is 10.0 Å². The molecule has 1 N–H and O–H groups in total. The van der Waals surface area contributed by atoms with E-state index in [0.717, 1.165) is 17.3 Å². The van der Waals surface area contributed by atoms with Gasteiger partial charge in [-0.2, -0.15) is 0 Å². The van der Waals surface area contributed by atoms with Crippen LogP contribution in [0.2, 0.25) is 0 Å². The van der Waals surface area contributed by atoms with Gasteiger partial charge in [0.1, 0.15) is 10.7 Å². The number of amides is 1. The summed E-state index contributed by atoms with van der Waals surface area (Å²) in [5.74, 6) is -1.03. The lowest BCUT2D eigenvalue weighted by molar-refractivity contribution is -0.113. The molecule has 2 heterocycles. The normalized spacial score (nSPS) is 13.6. The van der Waals surface area contributed by atoms with Crippen LogP contribution in [0, 0.1) is 5.82 Å². The highest BCUT2D eigenvalue weighted by Gasteiger charge is 2.36. The molecule has 1 aliphatic heterocycles. The Morgan fingerprint density at radius 3 is 2.49 bits per heavy atom. The first-order valence-corrected chi connectivity index (χ1v) is 13.1. The predicted molar refractivity (Wildman–Crippen MR) is 133 cm³/mol. The highest BCUT2D eigenvalue weighted by molar-refractivity contribution is 7.99. The molecule has 0 fully saturated rings. The quantitative estimate of drug-likeness (QED) is 0.301. The summed E-state index contributed by atoms with van der Waals surface area (Å²) >= 11 is 1.04. The second-order valence-electron chi connectivity index (χ2n) is 7.70. The number of carbonyl (C=O) groups excluding carboxylic acids is 1. The highest BCUT2D eigenvalue weighted by atomic mass is 32.2. The number of aromatic nitrogens is 2. The summed E-state index contributed by atoms with van der Waals surface area (Å²) in [5, 5.41) is 2.75. The number of para-hydroxylation sites is 2. The molecule has 1 amide bonds. The topological polar surface area (TPSA) is 92.3 Å². The minimum atomic E-state index is -3.91. The van der Waals surface area contributed by atoms with Crippen molar-refractivity contribution in [2.45, 2.75) is 16.6 Å². The Bertz CT molecular complexity index is 1510.